The van der Waals surface area contributed by atoms with Gasteiger partial charge in [-0.2, -0.15) is 0 Å². The van der Waals surface area contributed by atoms with Crippen molar-refractivity contribution in [3.63, 3.8) is 0 Å². The van der Waals surface area contributed by atoms with Gasteiger partial charge >= 0.3 is 0 Å². The number of nitrogens with zero attached hydrogens (tertiary/aromatic N) is 4. The number of carbonyl (C=O) groups excluding carboxylic acids is 1. The fraction of sp³-hybridized carbons (Fsp3) is 0.429. The Morgan fingerprint density at radius 2 is 2.29 bits per heavy atom. The van der Waals surface area contributed by atoms with Crippen LogP contribution in [-0.4, -0.2) is 37.6 Å². The van der Waals surface area contributed by atoms with E-state index in [1.165, 1.54) is 17.2 Å². The number of pyridine rings is 1. The minimum absolute atomic E-state index is 0.143. The van der Waals surface area contributed by atoms with Crippen LogP contribution in [0.1, 0.15) is 34.1 Å². The van der Waals surface area contributed by atoms with Crippen LogP contribution < -0.4 is 5.43 Å². The van der Waals surface area contributed by atoms with E-state index >= 15 is 0 Å². The van der Waals surface area contributed by atoms with Gasteiger partial charge in [0, 0.05) is 38.0 Å². The lowest BCUT2D eigenvalue weighted by Crippen LogP contribution is -2.31. The molecule has 0 unspecified atom stereocenters. The molecule has 0 aromatic carbocycles. The summed E-state index contributed by atoms with van der Waals surface area (Å²) in [6.07, 6.45) is 3.46. The average molecular weight is 287 g/mol. The molecule has 110 valence electrons. The van der Waals surface area contributed by atoms with Crippen LogP contribution in [0.15, 0.2) is 17.1 Å². The van der Waals surface area contributed by atoms with Gasteiger partial charge in [-0.1, -0.05) is 0 Å². The lowest BCUT2D eigenvalue weighted by molar-refractivity contribution is 0.0778. The number of hydrogen-bond donors (Lipinski definition) is 1. The molecule has 0 fully saturated rings. The number of amides is 1. The summed E-state index contributed by atoms with van der Waals surface area (Å²) in [5, 5.41) is 8.24. The van der Waals surface area contributed by atoms with E-state index < -0.39 is 0 Å². The molecule has 21 heavy (non-hydrogen) atoms. The molecule has 2 aromatic heterocycles. The molecule has 2 aromatic rings. The van der Waals surface area contributed by atoms with Gasteiger partial charge in [-0.25, -0.2) is 0 Å². The van der Waals surface area contributed by atoms with Crippen molar-refractivity contribution in [2.24, 2.45) is 0 Å². The first-order chi connectivity index (χ1) is 10.1. The number of aryl methyl sites for hydroxylation is 2. The van der Waals surface area contributed by atoms with Crippen molar-refractivity contribution in [1.29, 1.82) is 0 Å². The van der Waals surface area contributed by atoms with Crippen LogP contribution in [0.2, 0.25) is 0 Å². The lowest BCUT2D eigenvalue weighted by Gasteiger charge is -2.16. The van der Waals surface area contributed by atoms with Crippen molar-refractivity contribution in [2.75, 3.05) is 7.05 Å². The van der Waals surface area contributed by atoms with E-state index in [0.29, 0.717) is 6.54 Å². The van der Waals surface area contributed by atoms with Crippen LogP contribution in [-0.2, 0) is 19.5 Å². The molecule has 0 saturated heterocycles. The van der Waals surface area contributed by atoms with E-state index in [1.54, 1.807) is 14.0 Å². The number of hydrogen-bond acceptors (Lipinski definition) is 4. The minimum atomic E-state index is -0.313. The van der Waals surface area contributed by atoms with Crippen molar-refractivity contribution in [3.05, 3.63) is 45.4 Å². The highest BCUT2D eigenvalue weighted by atomic mass is 16.2. The maximum absolute atomic E-state index is 12.4. The summed E-state index contributed by atoms with van der Waals surface area (Å²) >= 11 is 0. The van der Waals surface area contributed by atoms with Crippen molar-refractivity contribution < 1.29 is 4.79 Å². The first-order valence-electron chi connectivity index (χ1n) is 6.92. The van der Waals surface area contributed by atoms with Crippen LogP contribution in [0.4, 0.5) is 0 Å². The van der Waals surface area contributed by atoms with Gasteiger partial charge in [0.2, 0.25) is 0 Å². The van der Waals surface area contributed by atoms with Gasteiger partial charge in [0.05, 0.1) is 6.54 Å². The Kier molecular flexibility index (Phi) is 3.32. The number of fused-ring (bicyclic) bond motifs is 1. The molecule has 0 saturated carbocycles. The molecule has 0 atom stereocenters. The summed E-state index contributed by atoms with van der Waals surface area (Å²) in [7, 11) is 1.66. The Morgan fingerprint density at radius 3 is 3.05 bits per heavy atom. The van der Waals surface area contributed by atoms with Gasteiger partial charge in [-0.15, -0.1) is 10.2 Å². The summed E-state index contributed by atoms with van der Waals surface area (Å²) in [5.41, 5.74) is 0.605. The van der Waals surface area contributed by atoms with Gasteiger partial charge < -0.3 is 14.5 Å². The number of H-pyrrole nitrogens is 1. The van der Waals surface area contributed by atoms with Crippen LogP contribution in [0, 0.1) is 6.92 Å². The number of aromatic amines is 1. The smallest absolute Gasteiger partial charge is 0.259 e. The molecular formula is C14H17N5O2. The van der Waals surface area contributed by atoms with Crippen LogP contribution in [0.25, 0.3) is 0 Å². The Labute approximate surface area is 121 Å². The molecule has 3 rings (SSSR count). The lowest BCUT2D eigenvalue weighted by atomic mass is 10.2. The zero-order chi connectivity index (χ0) is 15.0. The molecule has 1 aliphatic rings. The minimum Gasteiger partial charge on any atom is -0.364 e. The van der Waals surface area contributed by atoms with Crippen LogP contribution in [0.3, 0.4) is 0 Å². The molecular weight excluding hydrogens is 270 g/mol. The van der Waals surface area contributed by atoms with Crippen LogP contribution in [0.5, 0.6) is 0 Å². The van der Waals surface area contributed by atoms with Gasteiger partial charge in [0.25, 0.3) is 5.91 Å². The summed E-state index contributed by atoms with van der Waals surface area (Å²) in [6.45, 7) is 3.02. The van der Waals surface area contributed by atoms with Gasteiger partial charge in [0.1, 0.15) is 11.4 Å². The van der Waals surface area contributed by atoms with E-state index in [9.17, 15) is 9.59 Å². The molecule has 1 aliphatic heterocycles. The zero-order valence-electron chi connectivity index (χ0n) is 12.1. The number of rotatable bonds is 3. The first-order valence-corrected chi connectivity index (χ1v) is 6.92. The maximum Gasteiger partial charge on any atom is 0.259 e. The topological polar surface area (TPSA) is 83.9 Å². The number of carbonyl (C=O) groups is 1. The molecule has 3 heterocycles. The highest BCUT2D eigenvalue weighted by molar-refractivity contribution is 5.93. The largest absolute Gasteiger partial charge is 0.364 e. The first kappa shape index (κ1) is 13.5. The van der Waals surface area contributed by atoms with E-state index in [-0.39, 0.29) is 16.9 Å². The second kappa shape index (κ2) is 5.16. The molecule has 0 radical (unpaired) electrons. The average Bonchev–Trinajstić information content (AvgIpc) is 3.03. The summed E-state index contributed by atoms with van der Waals surface area (Å²) in [5.74, 6) is 1.42. The normalized spacial score (nSPS) is 13.2. The zero-order valence-corrected chi connectivity index (χ0v) is 12.1. The maximum atomic E-state index is 12.4. The van der Waals surface area contributed by atoms with Crippen molar-refractivity contribution in [3.8, 4) is 0 Å². The molecule has 1 N–H and O–H groups in total. The number of aromatic nitrogens is 4. The predicted molar refractivity (Wildman–Crippen MR) is 75.9 cm³/mol. The SMILES string of the molecule is Cc1cc(=O)c(C(=O)N(C)Cc2nnc3n2CCC3)c[nH]1. The monoisotopic (exact) mass is 287 g/mol. The summed E-state index contributed by atoms with van der Waals surface area (Å²) < 4.78 is 2.04. The Morgan fingerprint density at radius 1 is 1.48 bits per heavy atom. The van der Waals surface area contributed by atoms with Crippen molar-refractivity contribution in [2.45, 2.75) is 32.9 Å². The Bertz CT molecular complexity index is 746. The molecule has 7 nitrogen and oxygen atoms in total. The molecule has 7 heteroatoms. The van der Waals surface area contributed by atoms with Crippen LogP contribution >= 0.6 is 0 Å². The second-order valence-electron chi connectivity index (χ2n) is 5.34. The highest BCUT2D eigenvalue weighted by Crippen LogP contribution is 2.15. The predicted octanol–water partition coefficient (Wildman–Crippen LogP) is 0.493. The van der Waals surface area contributed by atoms with E-state index in [0.717, 1.165) is 36.7 Å². The Balaban J connectivity index is 1.80. The van der Waals surface area contributed by atoms with Crippen molar-refractivity contribution in [1.82, 2.24) is 24.6 Å². The van der Waals surface area contributed by atoms with Crippen molar-refractivity contribution >= 4 is 5.91 Å². The quantitative estimate of drug-likeness (QED) is 0.890. The molecule has 1 amide bonds. The number of nitrogens with one attached hydrogen (secondary N) is 1. The van der Waals surface area contributed by atoms with E-state index in [1.807, 2.05) is 4.57 Å². The third-order valence-electron chi connectivity index (χ3n) is 3.70. The van der Waals surface area contributed by atoms with Gasteiger partial charge in [-0.05, 0) is 13.3 Å². The van der Waals surface area contributed by atoms with E-state index in [2.05, 4.69) is 15.2 Å². The third-order valence-corrected chi connectivity index (χ3v) is 3.70. The summed E-state index contributed by atoms with van der Waals surface area (Å²) in [6, 6.07) is 1.43. The second-order valence-corrected chi connectivity index (χ2v) is 5.34. The fourth-order valence-electron chi connectivity index (χ4n) is 2.56. The van der Waals surface area contributed by atoms with Gasteiger partial charge in [0.15, 0.2) is 11.3 Å². The fourth-order valence-corrected chi connectivity index (χ4v) is 2.56. The Hall–Kier alpha value is -2.44. The highest BCUT2D eigenvalue weighted by Gasteiger charge is 2.21. The van der Waals surface area contributed by atoms with E-state index in [4.69, 9.17) is 0 Å². The summed E-state index contributed by atoms with van der Waals surface area (Å²) in [4.78, 5) is 28.6. The standard InChI is InChI=1S/C14H17N5O2/c1-9-6-11(20)10(7-15-9)14(21)18(2)8-13-17-16-12-4-3-5-19(12)13/h6-7H,3-5,8H2,1-2H3,(H,15,20). The molecule has 0 spiro atoms. The molecule has 0 bridgehead atoms. The van der Waals surface area contributed by atoms with Gasteiger partial charge in [-0.3, -0.25) is 9.59 Å². The molecule has 0 aliphatic carbocycles. The third kappa shape index (κ3) is 2.46.